The Labute approximate surface area is 88.9 Å². The summed E-state index contributed by atoms with van der Waals surface area (Å²) in [5, 5.41) is 11.6. The van der Waals surface area contributed by atoms with Crippen molar-refractivity contribution in [2.75, 3.05) is 0 Å². The van der Waals surface area contributed by atoms with E-state index < -0.39 is 0 Å². The molecule has 2 rings (SSSR count). The zero-order chi connectivity index (χ0) is 10.7. The van der Waals surface area contributed by atoms with Gasteiger partial charge in [0.2, 0.25) is 0 Å². The Bertz CT molecular complexity index is 404. The molecule has 0 aromatic carbocycles. The molecule has 80 valence electrons. The van der Waals surface area contributed by atoms with E-state index in [1.54, 1.807) is 0 Å². The van der Waals surface area contributed by atoms with Crippen LogP contribution in [0.4, 0.5) is 0 Å². The normalized spacial score (nSPS) is 16.3. The highest BCUT2D eigenvalue weighted by Crippen LogP contribution is 2.20. The fourth-order valence-electron chi connectivity index (χ4n) is 2.01. The Morgan fingerprint density at radius 2 is 2.33 bits per heavy atom. The molecular weight excluding hydrogens is 190 g/mol. The predicted octanol–water partition coefficient (Wildman–Crippen LogP) is 2.06. The molecule has 0 spiro atoms. The Hall–Kier alpha value is -1.58. The summed E-state index contributed by atoms with van der Waals surface area (Å²) in [6.45, 7) is 2.99. The van der Waals surface area contributed by atoms with Gasteiger partial charge in [0.05, 0.1) is 11.9 Å². The van der Waals surface area contributed by atoms with E-state index in [0.717, 1.165) is 30.2 Å². The van der Waals surface area contributed by atoms with Crippen LogP contribution in [0.1, 0.15) is 37.0 Å². The summed E-state index contributed by atoms with van der Waals surface area (Å²) in [6, 6.07) is 0. The van der Waals surface area contributed by atoms with Crippen molar-refractivity contribution in [1.29, 1.82) is 0 Å². The van der Waals surface area contributed by atoms with E-state index in [1.165, 1.54) is 19.1 Å². The number of nitrogens with zero attached hydrogens (tertiary/aromatic N) is 3. The van der Waals surface area contributed by atoms with Crippen molar-refractivity contribution >= 4 is 12.3 Å². The van der Waals surface area contributed by atoms with Crippen LogP contribution in [0.2, 0.25) is 0 Å². The van der Waals surface area contributed by atoms with E-state index in [2.05, 4.69) is 14.7 Å². The average molecular weight is 205 g/mol. The number of rotatable bonds is 2. The van der Waals surface area contributed by atoms with Gasteiger partial charge in [-0.1, -0.05) is 11.2 Å². The van der Waals surface area contributed by atoms with E-state index in [1.807, 2.05) is 19.1 Å². The first-order chi connectivity index (χ1) is 7.36. The maximum absolute atomic E-state index is 8.57. The highest BCUT2D eigenvalue weighted by molar-refractivity contribution is 5.82. The molecule has 0 fully saturated rings. The molecule has 15 heavy (non-hydrogen) atoms. The van der Waals surface area contributed by atoms with Crippen LogP contribution in [-0.2, 0) is 13.0 Å². The molecular formula is C11H15N3O. The van der Waals surface area contributed by atoms with E-state index in [4.69, 9.17) is 5.21 Å². The summed E-state index contributed by atoms with van der Waals surface area (Å²) in [4.78, 5) is 4.46. The largest absolute Gasteiger partial charge is 0.411 e. The monoisotopic (exact) mass is 205 g/mol. The molecule has 0 amide bonds. The van der Waals surface area contributed by atoms with Gasteiger partial charge in [0.15, 0.2) is 0 Å². The Morgan fingerprint density at radius 3 is 3.07 bits per heavy atom. The van der Waals surface area contributed by atoms with Gasteiger partial charge < -0.3 is 9.77 Å². The summed E-state index contributed by atoms with van der Waals surface area (Å²) in [7, 11) is 0. The van der Waals surface area contributed by atoms with Crippen LogP contribution < -0.4 is 0 Å². The molecule has 0 saturated carbocycles. The number of imidazole rings is 1. The third-order valence-corrected chi connectivity index (χ3v) is 2.65. The number of hydrogen-bond donors (Lipinski definition) is 1. The standard InChI is InChI=1S/C11H15N3O/c1-2-5-10-9(8-12-15)13-11-6-3-4-7-14(10)11/h2,5,8,15H,3-4,6-7H2,1H3/b5-2-,12-8+. The summed E-state index contributed by atoms with van der Waals surface area (Å²) >= 11 is 0. The third kappa shape index (κ3) is 1.79. The van der Waals surface area contributed by atoms with Gasteiger partial charge in [0.25, 0.3) is 0 Å². The second-order valence-corrected chi connectivity index (χ2v) is 3.65. The zero-order valence-electron chi connectivity index (χ0n) is 8.85. The molecule has 0 aliphatic carbocycles. The summed E-state index contributed by atoms with van der Waals surface area (Å²) in [5.74, 6) is 1.10. The van der Waals surface area contributed by atoms with Crippen LogP contribution in [0.3, 0.4) is 0 Å². The van der Waals surface area contributed by atoms with Crippen molar-refractivity contribution in [3.8, 4) is 0 Å². The number of aromatic nitrogens is 2. The Balaban J connectivity index is 2.50. The van der Waals surface area contributed by atoms with Crippen LogP contribution in [0.25, 0.3) is 6.08 Å². The highest BCUT2D eigenvalue weighted by atomic mass is 16.4. The van der Waals surface area contributed by atoms with Gasteiger partial charge in [-0.2, -0.15) is 0 Å². The molecule has 1 aromatic heterocycles. The summed E-state index contributed by atoms with van der Waals surface area (Å²) < 4.78 is 2.21. The lowest BCUT2D eigenvalue weighted by Gasteiger charge is -2.14. The number of allylic oxidation sites excluding steroid dienone is 1. The SMILES string of the molecule is C/C=C\c1c(/C=N/O)nc2n1CCCC2. The van der Waals surface area contributed by atoms with E-state index in [-0.39, 0.29) is 0 Å². The van der Waals surface area contributed by atoms with Crippen molar-refractivity contribution in [3.63, 3.8) is 0 Å². The van der Waals surface area contributed by atoms with Crippen LogP contribution in [-0.4, -0.2) is 21.0 Å². The first-order valence-electron chi connectivity index (χ1n) is 5.26. The fraction of sp³-hybridized carbons (Fsp3) is 0.455. The van der Waals surface area contributed by atoms with Gasteiger partial charge in [-0.05, 0) is 25.8 Å². The molecule has 2 heterocycles. The van der Waals surface area contributed by atoms with E-state index in [0.29, 0.717) is 0 Å². The predicted molar refractivity (Wildman–Crippen MR) is 59.3 cm³/mol. The van der Waals surface area contributed by atoms with Crippen LogP contribution in [0.15, 0.2) is 11.2 Å². The second-order valence-electron chi connectivity index (χ2n) is 3.65. The molecule has 0 atom stereocenters. The first kappa shape index (κ1) is 9.96. The highest BCUT2D eigenvalue weighted by Gasteiger charge is 2.16. The molecule has 0 unspecified atom stereocenters. The summed E-state index contributed by atoms with van der Waals surface area (Å²) in [5.41, 5.74) is 1.80. The topological polar surface area (TPSA) is 50.4 Å². The molecule has 1 aliphatic heterocycles. The van der Waals surface area contributed by atoms with Crippen molar-refractivity contribution in [3.05, 3.63) is 23.3 Å². The van der Waals surface area contributed by atoms with Crippen molar-refractivity contribution in [2.24, 2.45) is 5.16 Å². The first-order valence-corrected chi connectivity index (χ1v) is 5.26. The van der Waals surface area contributed by atoms with Crippen molar-refractivity contribution in [1.82, 2.24) is 9.55 Å². The van der Waals surface area contributed by atoms with E-state index >= 15 is 0 Å². The quantitative estimate of drug-likeness (QED) is 0.456. The van der Waals surface area contributed by atoms with Gasteiger partial charge >= 0.3 is 0 Å². The maximum atomic E-state index is 8.57. The number of hydrogen-bond acceptors (Lipinski definition) is 3. The van der Waals surface area contributed by atoms with Gasteiger partial charge in [-0.15, -0.1) is 0 Å². The number of aryl methyl sites for hydroxylation is 1. The van der Waals surface area contributed by atoms with Gasteiger partial charge in [0, 0.05) is 13.0 Å². The zero-order valence-corrected chi connectivity index (χ0v) is 8.85. The molecule has 4 heteroatoms. The lowest BCUT2D eigenvalue weighted by Crippen LogP contribution is -2.11. The minimum atomic E-state index is 0.757. The van der Waals surface area contributed by atoms with E-state index in [9.17, 15) is 0 Å². The minimum Gasteiger partial charge on any atom is -0.411 e. The molecule has 1 aliphatic rings. The van der Waals surface area contributed by atoms with Gasteiger partial charge in [0.1, 0.15) is 11.5 Å². The van der Waals surface area contributed by atoms with Crippen LogP contribution >= 0.6 is 0 Å². The molecule has 4 nitrogen and oxygen atoms in total. The average Bonchev–Trinajstić information content (AvgIpc) is 2.59. The molecule has 0 saturated heterocycles. The molecule has 1 aromatic rings. The molecule has 1 N–H and O–H groups in total. The minimum absolute atomic E-state index is 0.757. The van der Waals surface area contributed by atoms with Gasteiger partial charge in [-0.25, -0.2) is 4.98 Å². The van der Waals surface area contributed by atoms with Crippen molar-refractivity contribution < 1.29 is 5.21 Å². The van der Waals surface area contributed by atoms with Gasteiger partial charge in [-0.3, -0.25) is 0 Å². The second kappa shape index (κ2) is 4.29. The van der Waals surface area contributed by atoms with Crippen LogP contribution in [0.5, 0.6) is 0 Å². The maximum Gasteiger partial charge on any atom is 0.110 e. The lowest BCUT2D eigenvalue weighted by molar-refractivity contribution is 0.321. The fourth-order valence-corrected chi connectivity index (χ4v) is 2.01. The lowest BCUT2D eigenvalue weighted by atomic mass is 10.1. The Morgan fingerprint density at radius 1 is 1.47 bits per heavy atom. The van der Waals surface area contributed by atoms with Crippen molar-refractivity contribution in [2.45, 2.75) is 32.7 Å². The smallest absolute Gasteiger partial charge is 0.110 e. The molecule has 0 bridgehead atoms. The molecule has 0 radical (unpaired) electrons. The number of fused-ring (bicyclic) bond motifs is 1. The third-order valence-electron chi connectivity index (χ3n) is 2.65. The Kier molecular flexibility index (Phi) is 2.85. The summed E-state index contributed by atoms with van der Waals surface area (Å²) in [6.07, 6.45) is 8.81. The van der Waals surface area contributed by atoms with Crippen LogP contribution in [0, 0.1) is 0 Å². The number of oxime groups is 1.